The van der Waals surface area contributed by atoms with Gasteiger partial charge < -0.3 is 19.0 Å². The van der Waals surface area contributed by atoms with E-state index >= 15 is 0 Å². The Kier molecular flexibility index (Phi) is 1.71. The highest BCUT2D eigenvalue weighted by Gasteiger charge is 2.48. The van der Waals surface area contributed by atoms with Gasteiger partial charge in [0.05, 0.1) is 0 Å². The van der Waals surface area contributed by atoms with Crippen molar-refractivity contribution in [3.63, 3.8) is 0 Å². The summed E-state index contributed by atoms with van der Waals surface area (Å²) < 4.78 is 16.2. The third-order valence-electron chi connectivity index (χ3n) is 2.06. The first-order chi connectivity index (χ1) is 5.61. The Hall–Kier alpha value is -0.450. The lowest BCUT2D eigenvalue weighted by Gasteiger charge is -2.18. The summed E-state index contributed by atoms with van der Waals surface area (Å²) in [5.74, 6) is -0.566. The molecule has 0 amide bonds. The van der Waals surface area contributed by atoms with Gasteiger partial charge in [-0.2, -0.15) is 0 Å². The second kappa shape index (κ2) is 2.52. The lowest BCUT2D eigenvalue weighted by atomic mass is 10.2. The summed E-state index contributed by atoms with van der Waals surface area (Å²) in [5.41, 5.74) is 0. The minimum atomic E-state index is -0.566. The average molecular weight is 172 g/mol. The van der Waals surface area contributed by atoms with Gasteiger partial charge in [0.1, 0.15) is 18.5 Å². The zero-order chi connectivity index (χ0) is 8.77. The van der Waals surface area contributed by atoms with E-state index in [-0.39, 0.29) is 18.5 Å². The van der Waals surface area contributed by atoms with Crippen molar-refractivity contribution >= 4 is 6.29 Å². The SMILES string of the molecule is CC1(C)O[C@@H]2O[C@@H](C=O)C[C@H]2O1. The first-order valence-electron chi connectivity index (χ1n) is 4.07. The largest absolute Gasteiger partial charge is 0.342 e. The Bertz CT molecular complexity index is 185. The molecule has 0 saturated carbocycles. The standard InChI is InChI=1S/C8H12O4/c1-8(2)11-6-3-5(4-9)10-7(6)12-8/h4-7H,3H2,1-2H3/t5-,6-,7+/m1/s1. The van der Waals surface area contributed by atoms with Crippen LogP contribution in [0.1, 0.15) is 20.3 Å². The number of rotatable bonds is 1. The van der Waals surface area contributed by atoms with Crippen molar-refractivity contribution < 1.29 is 19.0 Å². The smallest absolute Gasteiger partial charge is 0.188 e. The van der Waals surface area contributed by atoms with E-state index in [0.717, 1.165) is 6.29 Å². The normalized spacial score (nSPS) is 44.3. The Balaban J connectivity index is 2.02. The molecule has 4 nitrogen and oxygen atoms in total. The summed E-state index contributed by atoms with van der Waals surface area (Å²) in [6.45, 7) is 3.68. The molecule has 2 heterocycles. The summed E-state index contributed by atoms with van der Waals surface area (Å²) in [6.07, 6.45) is 0.622. The van der Waals surface area contributed by atoms with Gasteiger partial charge in [-0.1, -0.05) is 0 Å². The lowest BCUT2D eigenvalue weighted by Crippen LogP contribution is -2.25. The van der Waals surface area contributed by atoms with E-state index in [4.69, 9.17) is 14.2 Å². The van der Waals surface area contributed by atoms with Crippen LogP contribution < -0.4 is 0 Å². The highest BCUT2D eigenvalue weighted by Crippen LogP contribution is 2.36. The molecule has 2 aliphatic rings. The fourth-order valence-corrected chi connectivity index (χ4v) is 1.62. The van der Waals surface area contributed by atoms with Crippen molar-refractivity contribution in [3.05, 3.63) is 0 Å². The van der Waals surface area contributed by atoms with Gasteiger partial charge in [-0.3, -0.25) is 0 Å². The predicted molar refractivity (Wildman–Crippen MR) is 39.4 cm³/mol. The van der Waals surface area contributed by atoms with E-state index in [1.807, 2.05) is 13.8 Å². The van der Waals surface area contributed by atoms with Crippen molar-refractivity contribution in [2.45, 2.75) is 44.6 Å². The van der Waals surface area contributed by atoms with Gasteiger partial charge in [0.15, 0.2) is 12.1 Å². The Morgan fingerprint density at radius 3 is 2.75 bits per heavy atom. The maximum absolute atomic E-state index is 10.4. The highest BCUT2D eigenvalue weighted by molar-refractivity contribution is 5.56. The second-order valence-corrected chi connectivity index (χ2v) is 3.59. The van der Waals surface area contributed by atoms with Crippen LogP contribution >= 0.6 is 0 Å². The van der Waals surface area contributed by atoms with Gasteiger partial charge in [0, 0.05) is 6.42 Å². The molecular weight excluding hydrogens is 160 g/mol. The van der Waals surface area contributed by atoms with Crippen molar-refractivity contribution in [2.24, 2.45) is 0 Å². The molecule has 0 aromatic rings. The zero-order valence-corrected chi connectivity index (χ0v) is 7.15. The predicted octanol–water partition coefficient (Wildman–Crippen LogP) is 0.452. The minimum Gasteiger partial charge on any atom is -0.342 e. The van der Waals surface area contributed by atoms with Gasteiger partial charge in [0.2, 0.25) is 0 Å². The van der Waals surface area contributed by atoms with Crippen LogP contribution in [0.25, 0.3) is 0 Å². The number of hydrogen-bond donors (Lipinski definition) is 0. The number of carbonyl (C=O) groups excluding carboxylic acids is 1. The molecule has 2 rings (SSSR count). The molecule has 2 fully saturated rings. The molecule has 0 radical (unpaired) electrons. The van der Waals surface area contributed by atoms with Gasteiger partial charge in [0.25, 0.3) is 0 Å². The average Bonchev–Trinajstić information content (AvgIpc) is 2.40. The van der Waals surface area contributed by atoms with E-state index in [0.29, 0.717) is 6.42 Å². The molecule has 2 saturated heterocycles. The van der Waals surface area contributed by atoms with Gasteiger partial charge in [-0.05, 0) is 13.8 Å². The van der Waals surface area contributed by atoms with Crippen LogP contribution in [0, 0.1) is 0 Å². The zero-order valence-electron chi connectivity index (χ0n) is 7.15. The van der Waals surface area contributed by atoms with Crippen LogP contribution in [-0.4, -0.2) is 30.6 Å². The van der Waals surface area contributed by atoms with E-state index in [2.05, 4.69) is 0 Å². The molecule has 12 heavy (non-hydrogen) atoms. The van der Waals surface area contributed by atoms with Gasteiger partial charge >= 0.3 is 0 Å². The molecule has 0 aromatic heterocycles. The summed E-state index contributed by atoms with van der Waals surface area (Å²) in [7, 11) is 0. The lowest BCUT2D eigenvalue weighted by molar-refractivity contribution is -0.202. The van der Waals surface area contributed by atoms with E-state index in [1.54, 1.807) is 0 Å². The first-order valence-corrected chi connectivity index (χ1v) is 4.07. The van der Waals surface area contributed by atoms with Crippen molar-refractivity contribution in [3.8, 4) is 0 Å². The third kappa shape index (κ3) is 1.26. The van der Waals surface area contributed by atoms with E-state index < -0.39 is 5.79 Å². The maximum atomic E-state index is 10.4. The minimum absolute atomic E-state index is 0.0739. The third-order valence-corrected chi connectivity index (χ3v) is 2.06. The number of ether oxygens (including phenoxy) is 3. The topological polar surface area (TPSA) is 44.8 Å². The molecule has 0 N–H and O–H groups in total. The maximum Gasteiger partial charge on any atom is 0.188 e. The van der Waals surface area contributed by atoms with Gasteiger partial charge in [-0.25, -0.2) is 0 Å². The fourth-order valence-electron chi connectivity index (χ4n) is 1.62. The Labute approximate surface area is 70.8 Å². The number of carbonyl (C=O) groups is 1. The molecular formula is C8H12O4. The van der Waals surface area contributed by atoms with E-state index in [9.17, 15) is 4.79 Å². The van der Waals surface area contributed by atoms with Crippen molar-refractivity contribution in [1.82, 2.24) is 0 Å². The summed E-state index contributed by atoms with van der Waals surface area (Å²) in [6, 6.07) is 0. The quantitative estimate of drug-likeness (QED) is 0.539. The Morgan fingerprint density at radius 2 is 2.17 bits per heavy atom. The molecule has 0 bridgehead atoms. The number of aldehydes is 1. The molecule has 0 unspecified atom stereocenters. The molecule has 68 valence electrons. The van der Waals surface area contributed by atoms with Crippen molar-refractivity contribution in [1.29, 1.82) is 0 Å². The summed E-state index contributed by atoms with van der Waals surface area (Å²) in [4.78, 5) is 10.4. The summed E-state index contributed by atoms with van der Waals surface area (Å²) >= 11 is 0. The fraction of sp³-hybridized carbons (Fsp3) is 0.875. The van der Waals surface area contributed by atoms with Crippen LogP contribution in [0.2, 0.25) is 0 Å². The monoisotopic (exact) mass is 172 g/mol. The molecule has 2 aliphatic heterocycles. The van der Waals surface area contributed by atoms with Crippen LogP contribution in [0.3, 0.4) is 0 Å². The Morgan fingerprint density at radius 1 is 1.42 bits per heavy atom. The van der Waals surface area contributed by atoms with Crippen LogP contribution in [0.4, 0.5) is 0 Å². The van der Waals surface area contributed by atoms with Crippen molar-refractivity contribution in [2.75, 3.05) is 0 Å². The number of hydrogen-bond acceptors (Lipinski definition) is 4. The van der Waals surface area contributed by atoms with E-state index in [1.165, 1.54) is 0 Å². The van der Waals surface area contributed by atoms with Crippen LogP contribution in [0.5, 0.6) is 0 Å². The van der Waals surface area contributed by atoms with Crippen LogP contribution in [-0.2, 0) is 19.0 Å². The highest BCUT2D eigenvalue weighted by atomic mass is 16.8. The molecule has 3 atom stereocenters. The molecule has 0 aliphatic carbocycles. The first kappa shape index (κ1) is 8.16. The van der Waals surface area contributed by atoms with Gasteiger partial charge in [-0.15, -0.1) is 0 Å². The summed E-state index contributed by atoms with van der Waals surface area (Å²) in [5, 5.41) is 0. The molecule has 0 spiro atoms. The molecule has 4 heteroatoms. The number of fused-ring (bicyclic) bond motifs is 1. The second-order valence-electron chi connectivity index (χ2n) is 3.59. The molecule has 0 aromatic carbocycles. The van der Waals surface area contributed by atoms with Crippen LogP contribution in [0.15, 0.2) is 0 Å².